The fraction of sp³-hybridized carbons (Fsp3) is 0.462. The van der Waals surface area contributed by atoms with E-state index in [4.69, 9.17) is 0 Å². The number of ether oxygens (including phenoxy) is 1. The van der Waals surface area contributed by atoms with Gasteiger partial charge in [-0.3, -0.25) is 4.79 Å². The van der Waals surface area contributed by atoms with E-state index >= 15 is 0 Å². The second kappa shape index (κ2) is 6.46. The number of hydrogen-bond donors (Lipinski definition) is 1. The summed E-state index contributed by atoms with van der Waals surface area (Å²) in [5.41, 5.74) is 0. The van der Waals surface area contributed by atoms with Crippen molar-refractivity contribution in [1.82, 2.24) is 9.62 Å². The van der Waals surface area contributed by atoms with Crippen LogP contribution >= 0.6 is 0 Å². The van der Waals surface area contributed by atoms with Gasteiger partial charge < -0.3 is 10.1 Å². The number of halogens is 3. The molecular formula is C13H15F3N2O4S. The first-order chi connectivity index (χ1) is 10.7. The first-order valence-corrected chi connectivity index (χ1v) is 8.08. The summed E-state index contributed by atoms with van der Waals surface area (Å²) in [5.74, 6) is -1.26. The summed E-state index contributed by atoms with van der Waals surface area (Å²) in [6.45, 7) is -0.507. The maximum Gasteiger partial charge on any atom is 0.406 e. The number of carbonyl (C=O) groups is 1. The minimum atomic E-state index is -4.80. The number of hydrogen-bond acceptors (Lipinski definition) is 5. The molecule has 1 aliphatic rings. The quantitative estimate of drug-likeness (QED) is 0.813. The first-order valence-electron chi connectivity index (χ1n) is 6.64. The van der Waals surface area contributed by atoms with Gasteiger partial charge in [-0.25, -0.2) is 8.42 Å². The Morgan fingerprint density at radius 2 is 1.91 bits per heavy atom. The minimum absolute atomic E-state index is 0.184. The van der Waals surface area contributed by atoms with E-state index in [1.165, 1.54) is 24.3 Å². The molecule has 0 spiro atoms. The van der Waals surface area contributed by atoms with Crippen LogP contribution in [0, 0.1) is 0 Å². The highest BCUT2D eigenvalue weighted by atomic mass is 32.2. The molecule has 2 rings (SSSR count). The number of nitrogens with zero attached hydrogens (tertiary/aromatic N) is 1. The van der Waals surface area contributed by atoms with Crippen molar-refractivity contribution in [3.8, 4) is 0 Å². The zero-order chi connectivity index (χ0) is 17.3. The highest BCUT2D eigenvalue weighted by molar-refractivity contribution is 7.89. The van der Waals surface area contributed by atoms with Crippen molar-refractivity contribution in [2.24, 2.45) is 0 Å². The Balaban J connectivity index is 2.48. The van der Waals surface area contributed by atoms with Crippen molar-refractivity contribution in [3.05, 3.63) is 30.3 Å². The molecule has 0 amide bonds. The van der Waals surface area contributed by atoms with Crippen LogP contribution in [0.5, 0.6) is 0 Å². The summed E-state index contributed by atoms with van der Waals surface area (Å²) < 4.78 is 69.6. The highest BCUT2D eigenvalue weighted by Crippen LogP contribution is 2.30. The third kappa shape index (κ3) is 3.48. The lowest BCUT2D eigenvalue weighted by atomic mass is 10.1. The van der Waals surface area contributed by atoms with Gasteiger partial charge in [0.25, 0.3) is 0 Å². The Bertz CT molecular complexity index is 664. The van der Waals surface area contributed by atoms with Crippen LogP contribution in [-0.4, -0.2) is 57.2 Å². The number of nitrogens with one attached hydrogen (secondary N) is 1. The van der Waals surface area contributed by atoms with Crippen LogP contribution in [0.25, 0.3) is 0 Å². The number of methoxy groups -OCH3 is 1. The van der Waals surface area contributed by atoms with Gasteiger partial charge in [0.15, 0.2) is 0 Å². The van der Waals surface area contributed by atoms with Gasteiger partial charge in [0.05, 0.1) is 12.0 Å². The van der Waals surface area contributed by atoms with Crippen LogP contribution in [0.2, 0.25) is 0 Å². The van der Waals surface area contributed by atoms with E-state index < -0.39 is 34.3 Å². The van der Waals surface area contributed by atoms with E-state index in [2.05, 4.69) is 10.1 Å². The second-order valence-electron chi connectivity index (χ2n) is 4.87. The van der Waals surface area contributed by atoms with Crippen molar-refractivity contribution in [2.75, 3.05) is 20.2 Å². The molecule has 10 heteroatoms. The molecule has 0 bridgehead atoms. The SMILES string of the molecule is COC(=O)C1C(C(F)(F)F)NCCN1S(=O)(=O)c1ccccc1. The van der Waals surface area contributed by atoms with E-state index in [0.29, 0.717) is 4.31 Å². The predicted molar refractivity (Wildman–Crippen MR) is 74.0 cm³/mol. The summed E-state index contributed by atoms with van der Waals surface area (Å²) in [5, 5.41) is 2.15. The topological polar surface area (TPSA) is 75.7 Å². The standard InChI is InChI=1S/C13H15F3N2O4S/c1-22-12(19)10-11(13(14,15)16)17-7-8-18(10)23(20,21)9-5-3-2-4-6-9/h2-6,10-11,17H,7-8H2,1H3. The van der Waals surface area contributed by atoms with E-state index in [-0.39, 0.29) is 18.0 Å². The highest BCUT2D eigenvalue weighted by Gasteiger charge is 2.54. The molecular weight excluding hydrogens is 337 g/mol. The van der Waals surface area contributed by atoms with Crippen molar-refractivity contribution in [3.63, 3.8) is 0 Å². The summed E-state index contributed by atoms with van der Waals surface area (Å²) in [7, 11) is -3.35. The number of piperazine rings is 1. The number of sulfonamides is 1. The molecule has 1 aromatic rings. The number of carbonyl (C=O) groups excluding carboxylic acids is 1. The lowest BCUT2D eigenvalue weighted by Gasteiger charge is -2.39. The molecule has 128 valence electrons. The Labute approximate surface area is 131 Å². The molecule has 0 saturated carbocycles. The van der Waals surface area contributed by atoms with Gasteiger partial charge >= 0.3 is 12.1 Å². The minimum Gasteiger partial charge on any atom is -0.468 e. The molecule has 6 nitrogen and oxygen atoms in total. The van der Waals surface area contributed by atoms with Crippen molar-refractivity contribution < 1.29 is 31.1 Å². The fourth-order valence-corrected chi connectivity index (χ4v) is 4.02. The van der Waals surface area contributed by atoms with Gasteiger partial charge in [-0.05, 0) is 12.1 Å². The van der Waals surface area contributed by atoms with E-state index in [0.717, 1.165) is 7.11 Å². The second-order valence-corrected chi connectivity index (χ2v) is 6.76. The maximum absolute atomic E-state index is 13.2. The monoisotopic (exact) mass is 352 g/mol. The molecule has 1 N–H and O–H groups in total. The number of alkyl halides is 3. The zero-order valence-electron chi connectivity index (χ0n) is 12.1. The van der Waals surface area contributed by atoms with Crippen LogP contribution in [0.15, 0.2) is 35.2 Å². The number of rotatable bonds is 3. The average molecular weight is 352 g/mol. The fourth-order valence-electron chi connectivity index (χ4n) is 2.41. The molecule has 1 fully saturated rings. The molecule has 1 aromatic carbocycles. The lowest BCUT2D eigenvalue weighted by Crippen LogP contribution is -2.67. The Morgan fingerprint density at radius 1 is 1.30 bits per heavy atom. The van der Waals surface area contributed by atoms with E-state index in [1.807, 2.05) is 0 Å². The van der Waals surface area contributed by atoms with Crippen molar-refractivity contribution >= 4 is 16.0 Å². The Kier molecular flexibility index (Phi) is 4.97. The normalized spacial score (nSPS) is 23.5. The maximum atomic E-state index is 13.2. The molecule has 2 unspecified atom stereocenters. The molecule has 0 aromatic heterocycles. The molecule has 1 saturated heterocycles. The van der Waals surface area contributed by atoms with Crippen LogP contribution in [0.4, 0.5) is 13.2 Å². The molecule has 1 heterocycles. The molecule has 0 radical (unpaired) electrons. The number of benzene rings is 1. The average Bonchev–Trinajstić information content (AvgIpc) is 2.53. The van der Waals surface area contributed by atoms with E-state index in [9.17, 15) is 26.4 Å². The summed E-state index contributed by atoms with van der Waals surface area (Å²) >= 11 is 0. The van der Waals surface area contributed by atoms with Gasteiger partial charge in [0, 0.05) is 13.1 Å². The first kappa shape index (κ1) is 17.7. The molecule has 2 atom stereocenters. The van der Waals surface area contributed by atoms with Gasteiger partial charge in [-0.1, -0.05) is 18.2 Å². The van der Waals surface area contributed by atoms with Gasteiger partial charge in [0.2, 0.25) is 10.0 Å². The Hall–Kier alpha value is -1.65. The number of esters is 1. The Morgan fingerprint density at radius 3 is 2.43 bits per heavy atom. The van der Waals surface area contributed by atoms with Crippen LogP contribution in [0.3, 0.4) is 0 Å². The van der Waals surface area contributed by atoms with Gasteiger partial charge in [-0.15, -0.1) is 0 Å². The van der Waals surface area contributed by atoms with Crippen LogP contribution in [-0.2, 0) is 19.6 Å². The van der Waals surface area contributed by atoms with Crippen molar-refractivity contribution in [1.29, 1.82) is 0 Å². The largest absolute Gasteiger partial charge is 0.468 e. The predicted octanol–water partition coefficient (Wildman–Crippen LogP) is 0.753. The van der Waals surface area contributed by atoms with Gasteiger partial charge in [0.1, 0.15) is 12.1 Å². The zero-order valence-corrected chi connectivity index (χ0v) is 12.9. The smallest absolute Gasteiger partial charge is 0.406 e. The third-order valence-electron chi connectivity index (χ3n) is 3.47. The van der Waals surface area contributed by atoms with Crippen molar-refractivity contribution in [2.45, 2.75) is 23.2 Å². The summed E-state index contributed by atoms with van der Waals surface area (Å²) in [6.07, 6.45) is -4.80. The summed E-state index contributed by atoms with van der Waals surface area (Å²) in [6, 6.07) is 2.64. The lowest BCUT2D eigenvalue weighted by molar-refractivity contribution is -0.183. The van der Waals surface area contributed by atoms with Crippen LogP contribution in [0.1, 0.15) is 0 Å². The van der Waals surface area contributed by atoms with Crippen LogP contribution < -0.4 is 5.32 Å². The van der Waals surface area contributed by atoms with E-state index in [1.54, 1.807) is 6.07 Å². The molecule has 1 aliphatic heterocycles. The summed E-state index contributed by atoms with van der Waals surface area (Å²) in [4.78, 5) is 11.7. The molecule has 23 heavy (non-hydrogen) atoms. The van der Waals surface area contributed by atoms with Gasteiger partial charge in [-0.2, -0.15) is 17.5 Å². The molecule has 0 aliphatic carbocycles. The third-order valence-corrected chi connectivity index (χ3v) is 5.36.